The molecule has 0 saturated carbocycles. The van der Waals surface area contributed by atoms with E-state index in [9.17, 15) is 20.0 Å². The Morgan fingerprint density at radius 1 is 0.914 bits per heavy atom. The number of hydrogen-bond donors (Lipinski definition) is 1. The summed E-state index contributed by atoms with van der Waals surface area (Å²) in [6.07, 6.45) is 3.22. The molecule has 0 aliphatic carbocycles. The summed E-state index contributed by atoms with van der Waals surface area (Å²) in [5.41, 5.74) is -0.339. The second-order valence-corrected chi connectivity index (χ2v) is 8.25. The Balaban J connectivity index is 1.76. The Kier molecular flexibility index (Phi) is 5.61. The summed E-state index contributed by atoms with van der Waals surface area (Å²) >= 11 is 5.92. The van der Waals surface area contributed by atoms with E-state index >= 15 is 0 Å². The number of aromatic carboxylic acids is 1. The van der Waals surface area contributed by atoms with Crippen molar-refractivity contribution in [3.05, 3.63) is 117 Å². The number of carbonyl (C=O) groups is 1. The molecule has 0 unspecified atom stereocenters. The first-order valence-corrected chi connectivity index (χ1v) is 11.0. The van der Waals surface area contributed by atoms with E-state index in [1.165, 1.54) is 18.2 Å². The molecule has 1 aromatic heterocycles. The number of hydrogen-bond acceptors (Lipinski definition) is 4. The number of carboxylic acids is 1. The fourth-order valence-electron chi connectivity index (χ4n) is 4.12. The minimum absolute atomic E-state index is 0.0489. The zero-order valence-corrected chi connectivity index (χ0v) is 18.9. The van der Waals surface area contributed by atoms with Crippen LogP contribution in [0.15, 0.2) is 83.7 Å². The molecule has 0 amide bonds. The van der Waals surface area contributed by atoms with Gasteiger partial charge in [-0.05, 0) is 57.4 Å². The number of aromatic nitrogens is 2. The lowest BCUT2D eigenvalue weighted by molar-refractivity contribution is 0.0688. The van der Waals surface area contributed by atoms with Gasteiger partial charge in [0.2, 0.25) is 0 Å². The first-order valence-electron chi connectivity index (χ1n) is 10.6. The van der Waals surface area contributed by atoms with Crippen LogP contribution in [0.2, 0.25) is 5.02 Å². The number of benzene rings is 4. The quantitative estimate of drug-likeness (QED) is 0.323. The number of halogens is 1. The number of rotatable bonds is 4. The first-order chi connectivity index (χ1) is 17.0. The van der Waals surface area contributed by atoms with Crippen LogP contribution in [0.3, 0.4) is 0 Å². The third-order valence-corrected chi connectivity index (χ3v) is 6.00. The third-order valence-electron chi connectivity index (χ3n) is 5.75. The Hall–Kier alpha value is -4.73. The number of nitrogens with zero attached hydrogens (tertiary/aromatic N) is 3. The van der Waals surface area contributed by atoms with Crippen LogP contribution in [0, 0.1) is 11.3 Å². The molecule has 4 aromatic carbocycles. The van der Waals surface area contributed by atoms with Crippen LogP contribution in [-0.2, 0) is 0 Å². The normalized spacial score (nSPS) is 11.2. The lowest BCUT2D eigenvalue weighted by Crippen LogP contribution is -2.28. The van der Waals surface area contributed by atoms with E-state index in [-0.39, 0.29) is 11.1 Å². The molecule has 0 aliphatic rings. The molecular formula is C28H16ClN3O3. The van der Waals surface area contributed by atoms with Crippen molar-refractivity contribution in [2.24, 2.45) is 0 Å². The standard InChI is InChI=1S/C28H16ClN3O3/c29-19-9-11-20(12-10-19)32-27(33)25(16-30)24(26(31-32)28(34)35)14-13-23-21-7-3-1-5-17(21)15-18-6-2-4-8-22(18)23/h1-15H,(H,34,35)/b14-13-. The molecular weight excluding hydrogens is 462 g/mol. The lowest BCUT2D eigenvalue weighted by atomic mass is 9.95. The molecule has 5 rings (SSSR count). The Bertz CT molecular complexity index is 1710. The van der Waals surface area contributed by atoms with E-state index in [2.05, 4.69) is 11.2 Å². The number of carboxylic acid groups (broad SMARTS) is 1. The van der Waals surface area contributed by atoms with Crippen molar-refractivity contribution in [1.82, 2.24) is 9.78 Å². The molecule has 35 heavy (non-hydrogen) atoms. The van der Waals surface area contributed by atoms with Gasteiger partial charge in [0.05, 0.1) is 5.69 Å². The van der Waals surface area contributed by atoms with E-state index in [1.807, 2.05) is 54.6 Å². The lowest BCUT2D eigenvalue weighted by Gasteiger charge is -2.11. The van der Waals surface area contributed by atoms with Crippen molar-refractivity contribution < 1.29 is 9.90 Å². The van der Waals surface area contributed by atoms with Gasteiger partial charge in [0, 0.05) is 10.6 Å². The average Bonchev–Trinajstić information content (AvgIpc) is 2.87. The van der Waals surface area contributed by atoms with Crippen LogP contribution in [0.25, 0.3) is 39.4 Å². The van der Waals surface area contributed by atoms with Gasteiger partial charge in [-0.25, -0.2) is 4.79 Å². The maximum atomic E-state index is 13.1. The number of nitriles is 1. The molecule has 0 fully saturated rings. The Labute approximate surface area is 204 Å². The summed E-state index contributed by atoms with van der Waals surface area (Å²) in [5, 5.41) is 28.2. The largest absolute Gasteiger partial charge is 0.476 e. The van der Waals surface area contributed by atoms with Gasteiger partial charge < -0.3 is 5.11 Å². The molecule has 5 aromatic rings. The Morgan fingerprint density at radius 2 is 1.49 bits per heavy atom. The van der Waals surface area contributed by atoms with Crippen LogP contribution < -0.4 is 5.56 Å². The SMILES string of the molecule is N#Cc1c(/C=C\c2c3ccccc3cc3ccccc23)c(C(=O)O)nn(-c2ccc(Cl)cc2)c1=O. The van der Waals surface area contributed by atoms with Crippen LogP contribution in [0.5, 0.6) is 0 Å². The molecule has 168 valence electrons. The van der Waals surface area contributed by atoms with E-state index in [0.717, 1.165) is 31.8 Å². The van der Waals surface area contributed by atoms with E-state index in [4.69, 9.17) is 11.6 Å². The molecule has 1 heterocycles. The highest BCUT2D eigenvalue weighted by Crippen LogP contribution is 2.30. The zero-order chi connectivity index (χ0) is 24.5. The predicted molar refractivity (Wildman–Crippen MR) is 137 cm³/mol. The van der Waals surface area contributed by atoms with Gasteiger partial charge in [-0.2, -0.15) is 15.0 Å². The van der Waals surface area contributed by atoms with E-state index in [0.29, 0.717) is 10.7 Å². The summed E-state index contributed by atoms with van der Waals surface area (Å²) in [7, 11) is 0. The monoisotopic (exact) mass is 477 g/mol. The minimum atomic E-state index is -1.35. The molecule has 0 saturated heterocycles. The summed E-state index contributed by atoms with van der Waals surface area (Å²) in [4.78, 5) is 25.3. The molecule has 1 N–H and O–H groups in total. The number of fused-ring (bicyclic) bond motifs is 2. The summed E-state index contributed by atoms with van der Waals surface area (Å²) in [6, 6.07) is 25.8. The van der Waals surface area contributed by atoms with Crippen LogP contribution in [0.1, 0.15) is 27.2 Å². The van der Waals surface area contributed by atoms with Gasteiger partial charge in [-0.3, -0.25) is 4.79 Å². The Morgan fingerprint density at radius 3 is 2.06 bits per heavy atom. The van der Waals surface area contributed by atoms with Gasteiger partial charge in [0.15, 0.2) is 5.69 Å². The van der Waals surface area contributed by atoms with Crippen molar-refractivity contribution in [2.45, 2.75) is 0 Å². The van der Waals surface area contributed by atoms with Crippen molar-refractivity contribution in [3.63, 3.8) is 0 Å². The van der Waals surface area contributed by atoms with Crippen molar-refractivity contribution >= 4 is 51.3 Å². The maximum Gasteiger partial charge on any atom is 0.357 e. The zero-order valence-electron chi connectivity index (χ0n) is 18.1. The smallest absolute Gasteiger partial charge is 0.357 e. The van der Waals surface area contributed by atoms with E-state index < -0.39 is 17.2 Å². The molecule has 0 aliphatic heterocycles. The molecule has 0 bridgehead atoms. The second kappa shape index (κ2) is 8.90. The van der Waals surface area contributed by atoms with Gasteiger partial charge in [0.25, 0.3) is 5.56 Å². The topological polar surface area (TPSA) is 96.0 Å². The fraction of sp³-hybridized carbons (Fsp3) is 0. The van der Waals surface area contributed by atoms with Gasteiger partial charge in [-0.15, -0.1) is 0 Å². The van der Waals surface area contributed by atoms with E-state index in [1.54, 1.807) is 18.2 Å². The summed E-state index contributed by atoms with van der Waals surface area (Å²) in [5.74, 6) is -1.35. The fourth-order valence-corrected chi connectivity index (χ4v) is 4.25. The van der Waals surface area contributed by atoms with Crippen LogP contribution >= 0.6 is 11.6 Å². The van der Waals surface area contributed by atoms with Crippen molar-refractivity contribution in [1.29, 1.82) is 5.26 Å². The van der Waals surface area contributed by atoms with Gasteiger partial charge in [-0.1, -0.05) is 72.3 Å². The highest BCUT2D eigenvalue weighted by molar-refractivity contribution is 6.30. The molecule has 6 nitrogen and oxygen atoms in total. The molecule has 0 atom stereocenters. The van der Waals surface area contributed by atoms with Gasteiger partial charge >= 0.3 is 5.97 Å². The highest BCUT2D eigenvalue weighted by atomic mass is 35.5. The minimum Gasteiger partial charge on any atom is -0.476 e. The molecule has 0 spiro atoms. The first kappa shape index (κ1) is 22.1. The maximum absolute atomic E-state index is 13.1. The molecule has 0 radical (unpaired) electrons. The molecule has 7 heteroatoms. The van der Waals surface area contributed by atoms with Crippen LogP contribution in [0.4, 0.5) is 0 Å². The predicted octanol–water partition coefficient (Wildman–Crippen LogP) is 5.93. The second-order valence-electron chi connectivity index (χ2n) is 7.81. The third kappa shape index (κ3) is 3.95. The van der Waals surface area contributed by atoms with Crippen molar-refractivity contribution in [2.75, 3.05) is 0 Å². The van der Waals surface area contributed by atoms with Crippen LogP contribution in [-0.4, -0.2) is 20.9 Å². The summed E-state index contributed by atoms with van der Waals surface area (Å²) in [6.45, 7) is 0. The summed E-state index contributed by atoms with van der Waals surface area (Å²) < 4.78 is 0.906. The highest BCUT2D eigenvalue weighted by Gasteiger charge is 2.21. The van der Waals surface area contributed by atoms with Gasteiger partial charge in [0.1, 0.15) is 11.6 Å². The average molecular weight is 478 g/mol. The van der Waals surface area contributed by atoms with Crippen molar-refractivity contribution in [3.8, 4) is 11.8 Å².